The van der Waals surface area contributed by atoms with Crippen molar-refractivity contribution in [3.05, 3.63) is 0 Å². The first-order chi connectivity index (χ1) is 6.41. The topological polar surface area (TPSA) is 32.6 Å². The summed E-state index contributed by atoms with van der Waals surface area (Å²) in [6.45, 7) is 2.24. The maximum atomic E-state index is 8.14. The van der Waals surface area contributed by atoms with Gasteiger partial charge in [-0.25, -0.2) is 0 Å². The molecule has 0 fully saturated rings. The molecule has 0 atom stereocenters. The van der Waals surface area contributed by atoms with Crippen molar-refractivity contribution in [2.24, 2.45) is 5.16 Å². The first kappa shape index (κ1) is 12.5. The molecule has 0 aromatic rings. The molecule has 13 heavy (non-hydrogen) atoms. The zero-order chi connectivity index (χ0) is 9.78. The molecule has 0 aliphatic carbocycles. The van der Waals surface area contributed by atoms with Crippen molar-refractivity contribution in [1.82, 2.24) is 0 Å². The van der Waals surface area contributed by atoms with Crippen LogP contribution < -0.4 is 0 Å². The van der Waals surface area contributed by atoms with Gasteiger partial charge in [-0.3, -0.25) is 0 Å². The predicted molar refractivity (Wildman–Crippen MR) is 57.5 cm³/mol. The second-order valence-electron chi connectivity index (χ2n) is 3.56. The number of oxime groups is 1. The summed E-state index contributed by atoms with van der Waals surface area (Å²) in [6.07, 6.45) is 13.2. The van der Waals surface area contributed by atoms with Crippen LogP contribution in [0.15, 0.2) is 5.16 Å². The van der Waals surface area contributed by atoms with Crippen LogP contribution in [0, 0.1) is 0 Å². The van der Waals surface area contributed by atoms with Crippen molar-refractivity contribution in [3.8, 4) is 0 Å². The van der Waals surface area contributed by atoms with Crippen LogP contribution in [0.3, 0.4) is 0 Å². The van der Waals surface area contributed by atoms with Crippen LogP contribution in [0.5, 0.6) is 0 Å². The molecule has 0 saturated carbocycles. The highest BCUT2D eigenvalue weighted by Gasteiger charge is 1.90. The first-order valence-electron chi connectivity index (χ1n) is 5.57. The zero-order valence-electron chi connectivity index (χ0n) is 8.84. The Labute approximate surface area is 82.0 Å². The largest absolute Gasteiger partial charge is 0.411 e. The highest BCUT2D eigenvalue weighted by molar-refractivity contribution is 5.55. The first-order valence-corrected chi connectivity index (χ1v) is 5.57. The quantitative estimate of drug-likeness (QED) is 0.250. The molecule has 0 unspecified atom stereocenters. The van der Waals surface area contributed by atoms with Crippen LogP contribution in [0.4, 0.5) is 0 Å². The van der Waals surface area contributed by atoms with E-state index >= 15 is 0 Å². The molecule has 0 amide bonds. The fourth-order valence-electron chi connectivity index (χ4n) is 1.43. The minimum absolute atomic E-state index is 0.922. The van der Waals surface area contributed by atoms with E-state index in [4.69, 9.17) is 5.21 Å². The van der Waals surface area contributed by atoms with Gasteiger partial charge in [0.25, 0.3) is 0 Å². The van der Waals surface area contributed by atoms with E-state index < -0.39 is 0 Å². The van der Waals surface area contributed by atoms with Crippen molar-refractivity contribution in [1.29, 1.82) is 0 Å². The molecular formula is C11H23NO. The third kappa shape index (κ3) is 11.5. The maximum absolute atomic E-state index is 8.14. The van der Waals surface area contributed by atoms with Crippen LogP contribution in [0.25, 0.3) is 0 Å². The van der Waals surface area contributed by atoms with Crippen LogP contribution in [0.2, 0.25) is 0 Å². The van der Waals surface area contributed by atoms with Gasteiger partial charge in [0.2, 0.25) is 0 Å². The molecular weight excluding hydrogens is 162 g/mol. The summed E-state index contributed by atoms with van der Waals surface area (Å²) >= 11 is 0. The number of hydrogen-bond donors (Lipinski definition) is 1. The smallest absolute Gasteiger partial charge is 0.0435 e. The molecule has 0 bridgehead atoms. The van der Waals surface area contributed by atoms with Gasteiger partial charge in [0.15, 0.2) is 0 Å². The molecule has 0 radical (unpaired) electrons. The summed E-state index contributed by atoms with van der Waals surface area (Å²) in [7, 11) is 0. The fourth-order valence-corrected chi connectivity index (χ4v) is 1.43. The SMILES string of the molecule is CCCCCCCCCC/C=N/O. The van der Waals surface area contributed by atoms with Gasteiger partial charge in [-0.15, -0.1) is 5.16 Å². The highest BCUT2D eigenvalue weighted by atomic mass is 16.4. The maximum Gasteiger partial charge on any atom is 0.0435 e. The average molecular weight is 185 g/mol. The van der Waals surface area contributed by atoms with Gasteiger partial charge in [0.05, 0.1) is 0 Å². The van der Waals surface area contributed by atoms with Gasteiger partial charge in [0.1, 0.15) is 0 Å². The number of rotatable bonds is 9. The van der Waals surface area contributed by atoms with E-state index in [0.717, 1.165) is 12.8 Å². The number of nitrogens with zero attached hydrogens (tertiary/aromatic N) is 1. The molecule has 0 aliphatic rings. The molecule has 0 spiro atoms. The second-order valence-corrected chi connectivity index (χ2v) is 3.56. The normalized spacial score (nSPS) is 11.2. The predicted octanol–water partition coefficient (Wildman–Crippen LogP) is 3.98. The summed E-state index contributed by atoms with van der Waals surface area (Å²) < 4.78 is 0. The molecule has 0 saturated heterocycles. The van der Waals surface area contributed by atoms with Crippen LogP contribution in [0.1, 0.15) is 64.7 Å². The Balaban J connectivity index is 2.83. The van der Waals surface area contributed by atoms with E-state index in [0.29, 0.717) is 0 Å². The molecule has 0 heterocycles. The minimum Gasteiger partial charge on any atom is -0.411 e. The monoisotopic (exact) mass is 185 g/mol. The summed E-state index contributed by atoms with van der Waals surface area (Å²) in [4.78, 5) is 0. The standard InChI is InChI=1S/C11H23NO/c1-2-3-4-5-6-7-8-9-10-11-12-13/h11,13H,2-10H2,1H3/b12-11+. The molecule has 2 nitrogen and oxygen atoms in total. The number of unbranched alkanes of at least 4 members (excludes halogenated alkanes) is 8. The third-order valence-electron chi connectivity index (χ3n) is 2.27. The summed E-state index contributed by atoms with van der Waals surface area (Å²) in [6, 6.07) is 0. The third-order valence-corrected chi connectivity index (χ3v) is 2.27. The Morgan fingerprint density at radius 1 is 0.923 bits per heavy atom. The van der Waals surface area contributed by atoms with Crippen molar-refractivity contribution >= 4 is 6.21 Å². The Morgan fingerprint density at radius 3 is 2.00 bits per heavy atom. The van der Waals surface area contributed by atoms with Crippen molar-refractivity contribution < 1.29 is 5.21 Å². The van der Waals surface area contributed by atoms with Gasteiger partial charge in [0, 0.05) is 6.21 Å². The van der Waals surface area contributed by atoms with Gasteiger partial charge < -0.3 is 5.21 Å². The molecule has 0 aliphatic heterocycles. The second kappa shape index (κ2) is 11.5. The van der Waals surface area contributed by atoms with Crippen LogP contribution >= 0.6 is 0 Å². The number of hydrogen-bond acceptors (Lipinski definition) is 2. The van der Waals surface area contributed by atoms with Gasteiger partial charge in [-0.05, 0) is 12.8 Å². The van der Waals surface area contributed by atoms with Crippen molar-refractivity contribution in [2.75, 3.05) is 0 Å². The lowest BCUT2D eigenvalue weighted by Gasteiger charge is -1.99. The van der Waals surface area contributed by atoms with Gasteiger partial charge >= 0.3 is 0 Å². The summed E-state index contributed by atoms with van der Waals surface area (Å²) in [5.74, 6) is 0. The minimum atomic E-state index is 0.922. The Kier molecular flexibility index (Phi) is 11.0. The fraction of sp³-hybridized carbons (Fsp3) is 0.909. The molecule has 0 rings (SSSR count). The molecule has 0 aromatic carbocycles. The lowest BCUT2D eigenvalue weighted by molar-refractivity contribution is 0.320. The zero-order valence-corrected chi connectivity index (χ0v) is 8.84. The Morgan fingerprint density at radius 2 is 1.46 bits per heavy atom. The molecule has 78 valence electrons. The van der Waals surface area contributed by atoms with E-state index in [-0.39, 0.29) is 0 Å². The lowest BCUT2D eigenvalue weighted by Crippen LogP contribution is -1.81. The summed E-state index contributed by atoms with van der Waals surface area (Å²) in [5.41, 5.74) is 0. The van der Waals surface area contributed by atoms with Crippen molar-refractivity contribution in [3.63, 3.8) is 0 Å². The van der Waals surface area contributed by atoms with E-state index in [1.165, 1.54) is 44.9 Å². The van der Waals surface area contributed by atoms with Gasteiger partial charge in [-0.2, -0.15) is 0 Å². The molecule has 1 N–H and O–H groups in total. The highest BCUT2D eigenvalue weighted by Crippen LogP contribution is 2.08. The van der Waals surface area contributed by atoms with E-state index in [1.807, 2.05) is 0 Å². The Hall–Kier alpha value is -0.530. The van der Waals surface area contributed by atoms with Gasteiger partial charge in [-0.1, -0.05) is 51.9 Å². The van der Waals surface area contributed by atoms with Crippen LogP contribution in [-0.2, 0) is 0 Å². The van der Waals surface area contributed by atoms with E-state index in [2.05, 4.69) is 12.1 Å². The Bertz CT molecular complexity index is 113. The summed E-state index contributed by atoms with van der Waals surface area (Å²) in [5, 5.41) is 11.1. The average Bonchev–Trinajstić information content (AvgIpc) is 2.16. The van der Waals surface area contributed by atoms with Crippen molar-refractivity contribution in [2.45, 2.75) is 64.7 Å². The van der Waals surface area contributed by atoms with Crippen LogP contribution in [-0.4, -0.2) is 11.4 Å². The lowest BCUT2D eigenvalue weighted by atomic mass is 10.1. The van der Waals surface area contributed by atoms with E-state index in [1.54, 1.807) is 6.21 Å². The molecule has 0 aromatic heterocycles. The molecule has 2 heteroatoms. The van der Waals surface area contributed by atoms with E-state index in [9.17, 15) is 0 Å².